The highest BCUT2D eigenvalue weighted by molar-refractivity contribution is 5.97. The molecule has 3 rings (SSSR count). The molecular weight excluding hydrogens is 446 g/mol. The maximum absolute atomic E-state index is 13.1. The SMILES string of the molecule is C=C(C(=O)N1CCN(C)CC1)/C(OC)=C(\C=C/N)Nc1c(N[C@H](CC)c2ccccc2)c(=O)c1=O. The lowest BCUT2D eigenvalue weighted by Gasteiger charge is -2.33. The number of benzene rings is 1. The molecule has 2 aromatic rings. The van der Waals surface area contributed by atoms with Gasteiger partial charge in [-0.05, 0) is 31.3 Å². The molecule has 0 bridgehead atoms. The van der Waals surface area contributed by atoms with Crippen molar-refractivity contribution in [2.24, 2.45) is 5.73 Å². The van der Waals surface area contributed by atoms with E-state index >= 15 is 0 Å². The van der Waals surface area contributed by atoms with E-state index in [4.69, 9.17) is 10.5 Å². The molecule has 1 saturated heterocycles. The fraction of sp³-hybridized carbons (Fsp3) is 0.346. The summed E-state index contributed by atoms with van der Waals surface area (Å²) < 4.78 is 5.51. The number of piperazine rings is 1. The van der Waals surface area contributed by atoms with Crippen molar-refractivity contribution in [3.8, 4) is 0 Å². The van der Waals surface area contributed by atoms with Gasteiger partial charge in [-0.15, -0.1) is 0 Å². The zero-order chi connectivity index (χ0) is 25.5. The molecule has 186 valence electrons. The number of anilines is 2. The Morgan fingerprint density at radius 2 is 1.77 bits per heavy atom. The normalized spacial score (nSPS) is 16.1. The predicted molar refractivity (Wildman–Crippen MR) is 139 cm³/mol. The van der Waals surface area contributed by atoms with Crippen molar-refractivity contribution in [3.05, 3.63) is 92.2 Å². The first kappa shape index (κ1) is 25.8. The van der Waals surface area contributed by atoms with Crippen LogP contribution < -0.4 is 27.2 Å². The number of carbonyl (C=O) groups is 1. The van der Waals surface area contributed by atoms with E-state index in [0.717, 1.165) is 18.7 Å². The minimum absolute atomic E-state index is 0.0897. The molecule has 0 unspecified atom stereocenters. The van der Waals surface area contributed by atoms with Crippen molar-refractivity contribution in [1.29, 1.82) is 0 Å². The Morgan fingerprint density at radius 1 is 1.14 bits per heavy atom. The number of hydrogen-bond donors (Lipinski definition) is 3. The maximum Gasteiger partial charge on any atom is 0.257 e. The molecule has 1 aliphatic rings. The van der Waals surface area contributed by atoms with Crippen LogP contribution in [0.15, 0.2) is 75.8 Å². The van der Waals surface area contributed by atoms with E-state index in [9.17, 15) is 14.4 Å². The van der Waals surface area contributed by atoms with Gasteiger partial charge in [0.05, 0.1) is 24.4 Å². The third-order valence-corrected chi connectivity index (χ3v) is 6.13. The highest BCUT2D eigenvalue weighted by atomic mass is 16.5. The van der Waals surface area contributed by atoms with Gasteiger partial charge in [-0.3, -0.25) is 14.4 Å². The van der Waals surface area contributed by atoms with Gasteiger partial charge in [-0.25, -0.2) is 0 Å². The molecular formula is C26H33N5O4. The van der Waals surface area contributed by atoms with Crippen molar-refractivity contribution in [3.63, 3.8) is 0 Å². The Morgan fingerprint density at radius 3 is 2.34 bits per heavy atom. The summed E-state index contributed by atoms with van der Waals surface area (Å²) in [6.07, 6.45) is 3.43. The van der Waals surface area contributed by atoms with E-state index in [1.807, 2.05) is 44.3 Å². The Bertz CT molecular complexity index is 1190. The average Bonchev–Trinajstić information content (AvgIpc) is 2.88. The Kier molecular flexibility index (Phi) is 8.48. The maximum atomic E-state index is 13.1. The molecule has 1 fully saturated rings. The number of likely N-dealkylation sites (N-methyl/N-ethyl adjacent to an activating group) is 1. The second-order valence-corrected chi connectivity index (χ2v) is 8.43. The highest BCUT2D eigenvalue weighted by Gasteiger charge is 2.28. The van der Waals surface area contributed by atoms with Crippen LogP contribution in [0.4, 0.5) is 11.4 Å². The Balaban J connectivity index is 1.89. The molecule has 9 heteroatoms. The second kappa shape index (κ2) is 11.5. The molecule has 2 aromatic carbocycles. The van der Waals surface area contributed by atoms with Gasteiger partial charge in [0.15, 0.2) is 5.76 Å². The van der Waals surface area contributed by atoms with Gasteiger partial charge in [0.25, 0.3) is 16.8 Å². The molecule has 0 radical (unpaired) electrons. The molecule has 0 aromatic heterocycles. The quantitative estimate of drug-likeness (QED) is 0.205. The fourth-order valence-electron chi connectivity index (χ4n) is 4.03. The van der Waals surface area contributed by atoms with E-state index in [-0.39, 0.29) is 40.4 Å². The van der Waals surface area contributed by atoms with Crippen molar-refractivity contribution in [1.82, 2.24) is 9.80 Å². The van der Waals surface area contributed by atoms with Crippen LogP contribution in [0, 0.1) is 0 Å². The number of hydrogen-bond acceptors (Lipinski definition) is 8. The number of nitrogens with zero attached hydrogens (tertiary/aromatic N) is 2. The number of rotatable bonds is 10. The Hall–Kier alpha value is -3.85. The first-order chi connectivity index (χ1) is 16.8. The van der Waals surface area contributed by atoms with Crippen molar-refractivity contribution >= 4 is 17.3 Å². The van der Waals surface area contributed by atoms with Gasteiger partial charge >= 0.3 is 0 Å². The van der Waals surface area contributed by atoms with Gasteiger partial charge in [0, 0.05) is 26.2 Å². The number of carbonyl (C=O) groups excluding carboxylic acids is 1. The van der Waals surface area contributed by atoms with Crippen LogP contribution in [0.3, 0.4) is 0 Å². The summed E-state index contributed by atoms with van der Waals surface area (Å²) in [6.45, 7) is 8.60. The average molecular weight is 480 g/mol. The van der Waals surface area contributed by atoms with Crippen LogP contribution in [0.25, 0.3) is 0 Å². The van der Waals surface area contributed by atoms with E-state index in [1.54, 1.807) is 4.90 Å². The van der Waals surface area contributed by atoms with Crippen LogP contribution >= 0.6 is 0 Å². The third-order valence-electron chi connectivity index (χ3n) is 6.13. The summed E-state index contributed by atoms with van der Waals surface area (Å²) in [4.78, 5) is 41.8. The monoisotopic (exact) mass is 479 g/mol. The predicted octanol–water partition coefficient (Wildman–Crippen LogP) is 1.92. The molecule has 1 atom stereocenters. The number of nitrogens with two attached hydrogens (primary N) is 1. The van der Waals surface area contributed by atoms with Crippen molar-refractivity contribution in [2.75, 3.05) is 51.0 Å². The van der Waals surface area contributed by atoms with E-state index < -0.39 is 10.9 Å². The summed E-state index contributed by atoms with van der Waals surface area (Å²) in [6, 6.07) is 9.51. The van der Waals surface area contributed by atoms with Gasteiger partial charge in [0.2, 0.25) is 0 Å². The van der Waals surface area contributed by atoms with E-state index in [0.29, 0.717) is 19.5 Å². The van der Waals surface area contributed by atoms with E-state index in [1.165, 1.54) is 19.4 Å². The lowest BCUT2D eigenvalue weighted by Crippen LogP contribution is -2.47. The first-order valence-corrected chi connectivity index (χ1v) is 11.6. The smallest absolute Gasteiger partial charge is 0.257 e. The fourth-order valence-corrected chi connectivity index (χ4v) is 4.03. The van der Waals surface area contributed by atoms with Gasteiger partial charge in [-0.1, -0.05) is 43.8 Å². The molecule has 0 saturated carbocycles. The van der Waals surface area contributed by atoms with Gasteiger partial charge < -0.3 is 30.9 Å². The molecule has 1 heterocycles. The largest absolute Gasteiger partial charge is 0.494 e. The van der Waals surface area contributed by atoms with E-state index in [2.05, 4.69) is 22.1 Å². The summed E-state index contributed by atoms with van der Waals surface area (Å²) >= 11 is 0. The molecule has 1 aliphatic heterocycles. The first-order valence-electron chi connectivity index (χ1n) is 11.6. The van der Waals surface area contributed by atoms with Crippen LogP contribution in [0.5, 0.6) is 0 Å². The number of amides is 1. The summed E-state index contributed by atoms with van der Waals surface area (Å²) in [5, 5.41) is 6.14. The summed E-state index contributed by atoms with van der Waals surface area (Å²) in [5.74, 6) is -0.122. The minimum atomic E-state index is -0.662. The standard InChI is InChI=1S/C26H33N5O4/c1-5-19(18-9-7-6-8-10-18)28-21-22(24(33)23(21)32)29-20(11-12-27)25(35-4)17(2)26(34)31-15-13-30(3)14-16-31/h6-12,19,28-29H,2,5,13-16,27H2,1,3-4H3/b12-11-,25-20-/t19-/m1/s1. The molecule has 35 heavy (non-hydrogen) atoms. The topological polar surface area (TPSA) is 117 Å². The summed E-state index contributed by atoms with van der Waals surface area (Å²) in [7, 11) is 3.41. The molecule has 0 spiro atoms. The number of allylic oxidation sites excluding steroid dienone is 1. The highest BCUT2D eigenvalue weighted by Crippen LogP contribution is 2.27. The van der Waals surface area contributed by atoms with Crippen LogP contribution in [0.1, 0.15) is 24.9 Å². The van der Waals surface area contributed by atoms with Crippen molar-refractivity contribution < 1.29 is 9.53 Å². The van der Waals surface area contributed by atoms with Gasteiger partial charge in [0.1, 0.15) is 11.4 Å². The molecule has 1 amide bonds. The number of nitrogens with one attached hydrogen (secondary N) is 2. The molecule has 9 nitrogen and oxygen atoms in total. The summed E-state index contributed by atoms with van der Waals surface area (Å²) in [5.41, 5.74) is 6.02. The lowest BCUT2D eigenvalue weighted by molar-refractivity contribution is -0.128. The zero-order valence-electron chi connectivity index (χ0n) is 20.5. The second-order valence-electron chi connectivity index (χ2n) is 8.43. The van der Waals surface area contributed by atoms with Crippen LogP contribution in [-0.2, 0) is 9.53 Å². The molecule has 0 aliphatic carbocycles. The third kappa shape index (κ3) is 5.63. The van der Waals surface area contributed by atoms with Crippen LogP contribution in [-0.4, -0.2) is 56.0 Å². The molecule has 4 N–H and O–H groups in total. The lowest BCUT2D eigenvalue weighted by atomic mass is 10.0. The number of ether oxygens (including phenoxy) is 1. The van der Waals surface area contributed by atoms with Gasteiger partial charge in [-0.2, -0.15) is 0 Å². The Labute approximate surface area is 205 Å². The zero-order valence-corrected chi connectivity index (χ0v) is 20.5. The van der Waals surface area contributed by atoms with Crippen LogP contribution in [0.2, 0.25) is 0 Å². The number of methoxy groups -OCH3 is 1. The van der Waals surface area contributed by atoms with Crippen molar-refractivity contribution in [2.45, 2.75) is 19.4 Å². The minimum Gasteiger partial charge on any atom is -0.494 e.